The van der Waals surface area contributed by atoms with Crippen LogP contribution in [0.15, 0.2) is 36.4 Å². The summed E-state index contributed by atoms with van der Waals surface area (Å²) in [5.74, 6) is -3.11. The van der Waals surface area contributed by atoms with Gasteiger partial charge in [0.25, 0.3) is 5.91 Å². The number of hydrogen-bond acceptors (Lipinski definition) is 9. The van der Waals surface area contributed by atoms with E-state index >= 15 is 0 Å². The van der Waals surface area contributed by atoms with Crippen LogP contribution < -0.4 is 16.0 Å². The van der Waals surface area contributed by atoms with Crippen molar-refractivity contribution in [2.45, 2.75) is 63.4 Å². The van der Waals surface area contributed by atoms with Crippen LogP contribution in [-0.2, 0) is 52.8 Å². The summed E-state index contributed by atoms with van der Waals surface area (Å²) in [5.41, 5.74) is 2.34. The number of nitrogens with zero attached hydrogens (tertiary/aromatic N) is 3. The number of piperidine rings is 3. The van der Waals surface area contributed by atoms with Crippen molar-refractivity contribution in [2.75, 3.05) is 43.4 Å². The lowest BCUT2D eigenvalue weighted by atomic mass is 9.95. The molecule has 4 aliphatic heterocycles. The number of rotatable bonds is 9. The lowest BCUT2D eigenvalue weighted by Gasteiger charge is -2.45. The Bertz CT molecular complexity index is 1790. The van der Waals surface area contributed by atoms with Crippen LogP contribution in [0.3, 0.4) is 0 Å². The fourth-order valence-electron chi connectivity index (χ4n) is 7.08. The second-order valence-corrected chi connectivity index (χ2v) is 15.2. The molecule has 4 heterocycles. The van der Waals surface area contributed by atoms with E-state index in [1.165, 1.54) is 16.4 Å². The van der Waals surface area contributed by atoms with Gasteiger partial charge in [0.2, 0.25) is 27.7 Å². The Hall–Kier alpha value is -4.25. The lowest BCUT2D eigenvalue weighted by molar-refractivity contribution is -0.916. The second kappa shape index (κ2) is 13.9. The van der Waals surface area contributed by atoms with E-state index in [0.29, 0.717) is 37.2 Å². The molecule has 0 radical (unpaired) electrons. The Morgan fingerprint density at radius 3 is 2.41 bits per heavy atom. The summed E-state index contributed by atoms with van der Waals surface area (Å²) in [7, 11) is -3.73. The van der Waals surface area contributed by atoms with Crippen molar-refractivity contribution in [3.05, 3.63) is 64.1 Å². The fourth-order valence-corrected chi connectivity index (χ4v) is 8.60. The summed E-state index contributed by atoms with van der Waals surface area (Å²) < 4.78 is 40.8. The van der Waals surface area contributed by atoms with Crippen molar-refractivity contribution in [1.29, 1.82) is 0 Å². The minimum absolute atomic E-state index is 0.0157. The van der Waals surface area contributed by atoms with Crippen molar-refractivity contribution in [1.82, 2.24) is 14.5 Å². The maximum absolute atomic E-state index is 14.7. The van der Waals surface area contributed by atoms with E-state index in [1.807, 2.05) is 6.07 Å². The van der Waals surface area contributed by atoms with Crippen LogP contribution in [0.2, 0.25) is 0 Å². The zero-order valence-corrected chi connectivity index (χ0v) is 27.7. The number of sulfonamides is 1. The highest BCUT2D eigenvalue weighted by molar-refractivity contribution is 7.88. The third-order valence-corrected chi connectivity index (χ3v) is 11.7. The van der Waals surface area contributed by atoms with Crippen molar-refractivity contribution in [3.8, 4) is 0 Å². The van der Waals surface area contributed by atoms with Crippen LogP contribution in [-0.4, -0.2) is 90.4 Å². The van der Waals surface area contributed by atoms with Gasteiger partial charge in [0.1, 0.15) is 24.7 Å². The van der Waals surface area contributed by atoms with Gasteiger partial charge in [-0.1, -0.05) is 18.2 Å². The molecule has 3 N–H and O–H groups in total. The summed E-state index contributed by atoms with van der Waals surface area (Å²) in [6.45, 7) is 0.937. The van der Waals surface area contributed by atoms with Gasteiger partial charge >= 0.3 is 0 Å². The number of carbonyl (C=O) groups is 5. The van der Waals surface area contributed by atoms with Crippen LogP contribution >= 0.6 is 0 Å². The molecule has 2 aromatic rings. The molecule has 14 nitrogen and oxygen atoms in total. The van der Waals surface area contributed by atoms with E-state index in [0.717, 1.165) is 17.2 Å². The van der Waals surface area contributed by atoms with Gasteiger partial charge in [-0.05, 0) is 36.6 Å². The number of hydroxylamine groups is 3. The molecule has 0 aliphatic carbocycles. The predicted octanol–water partition coefficient (Wildman–Crippen LogP) is 1.74. The molecular formula is C33H39FN6O8S. The molecule has 2 atom stereocenters. The number of quaternary nitrogens is 1. The monoisotopic (exact) mass is 698 g/mol. The first-order valence-electron chi connectivity index (χ1n) is 16.4. The number of halogens is 1. The number of Topliss-reactive ketones (excluding diaryl/α,β-unsaturated/α-hetero) is 1. The van der Waals surface area contributed by atoms with Gasteiger partial charge in [-0.25, -0.2) is 17.1 Å². The van der Waals surface area contributed by atoms with Crippen molar-refractivity contribution in [3.63, 3.8) is 0 Å². The number of ketones is 1. The number of carbonyl (C=O) groups excluding carboxylic acids is 5. The van der Waals surface area contributed by atoms with Gasteiger partial charge in [0.05, 0.1) is 18.0 Å². The number of nitrogens with one attached hydrogen (secondary N) is 3. The zero-order chi connectivity index (χ0) is 34.9. The van der Waals surface area contributed by atoms with Gasteiger partial charge in [0.15, 0.2) is 6.04 Å². The number of hydrogen-bond donors (Lipinski definition) is 3. The summed E-state index contributed by atoms with van der Waals surface area (Å²) in [6, 6.07) is 8.29. The minimum atomic E-state index is -3.73. The van der Waals surface area contributed by atoms with Crippen LogP contribution in [0.1, 0.15) is 55.2 Å². The van der Waals surface area contributed by atoms with E-state index in [4.69, 9.17) is 0 Å². The van der Waals surface area contributed by atoms with Crippen LogP contribution in [0.5, 0.6) is 0 Å². The van der Waals surface area contributed by atoms with Gasteiger partial charge in [-0.15, -0.1) is 0 Å². The van der Waals surface area contributed by atoms with Gasteiger partial charge in [0, 0.05) is 74.6 Å². The third kappa shape index (κ3) is 7.66. The highest BCUT2D eigenvalue weighted by Gasteiger charge is 2.43. The highest BCUT2D eigenvalue weighted by atomic mass is 32.2. The molecule has 2 aromatic carbocycles. The maximum Gasteiger partial charge on any atom is 0.285 e. The first kappa shape index (κ1) is 34.6. The zero-order valence-electron chi connectivity index (χ0n) is 26.9. The number of amides is 4. The second-order valence-electron chi connectivity index (χ2n) is 13.2. The molecule has 16 heteroatoms. The maximum atomic E-state index is 14.7. The topological polar surface area (TPSA) is 185 Å². The van der Waals surface area contributed by atoms with Crippen molar-refractivity contribution >= 4 is 50.8 Å². The Kier molecular flexibility index (Phi) is 9.84. The average Bonchev–Trinajstić information content (AvgIpc) is 3.42. The third-order valence-electron chi connectivity index (χ3n) is 9.87. The number of benzene rings is 2. The molecule has 0 aromatic heterocycles. The van der Waals surface area contributed by atoms with E-state index in [2.05, 4.69) is 16.0 Å². The van der Waals surface area contributed by atoms with E-state index in [9.17, 15) is 42.0 Å². The molecule has 0 spiro atoms. The first-order chi connectivity index (χ1) is 23.3. The van der Waals surface area contributed by atoms with Crippen LogP contribution in [0.25, 0.3) is 0 Å². The predicted molar refractivity (Wildman–Crippen MR) is 175 cm³/mol. The average molecular weight is 699 g/mol. The Morgan fingerprint density at radius 2 is 1.69 bits per heavy atom. The summed E-state index contributed by atoms with van der Waals surface area (Å²) in [4.78, 5) is 63.3. The lowest BCUT2D eigenvalue weighted by Crippen LogP contribution is -2.58. The normalized spacial score (nSPS) is 23.6. The molecule has 49 heavy (non-hydrogen) atoms. The summed E-state index contributed by atoms with van der Waals surface area (Å²) in [5, 5.41) is 21.7. The van der Waals surface area contributed by atoms with Gasteiger partial charge in [-0.3, -0.25) is 29.3 Å². The van der Waals surface area contributed by atoms with Crippen molar-refractivity contribution < 1.29 is 41.4 Å². The van der Waals surface area contributed by atoms with Crippen LogP contribution in [0, 0.1) is 16.9 Å². The van der Waals surface area contributed by atoms with E-state index in [1.54, 1.807) is 17.0 Å². The molecule has 3 fully saturated rings. The molecule has 4 amide bonds. The molecule has 0 saturated carbocycles. The number of fused-ring (bicyclic) bond motifs is 1. The Labute approximate surface area is 283 Å². The molecule has 6 rings (SSSR count). The summed E-state index contributed by atoms with van der Waals surface area (Å²) in [6.07, 6.45) is 1.33. The molecule has 4 aliphatic rings. The quantitative estimate of drug-likeness (QED) is 0.199. The Morgan fingerprint density at radius 1 is 0.959 bits per heavy atom. The van der Waals surface area contributed by atoms with Crippen LogP contribution in [0.4, 0.5) is 15.8 Å². The number of anilines is 2. The number of likely N-dealkylation sites (tertiary alicyclic amines) is 1. The standard InChI is InChI=1S/C33H39FN6O8S/c34-26-5-4-21(20-49(47,48)39-14-10-24(41)11-15-39)16-28(26)36-32(44)22-8-12-38(13-9-22)31(43)17-35-27-3-1-2-23-18-40(46,19-25(23)27)29-6-7-30(42)37-33(29)45/h1-5,16,22,29,35H,6-15,17-20H2,(H,36,44)(H,37,42,45). The number of imide groups is 1. The fraction of sp³-hybridized carbons (Fsp3) is 0.485. The Balaban J connectivity index is 0.995. The smallest absolute Gasteiger partial charge is 0.285 e. The molecule has 0 bridgehead atoms. The van der Waals surface area contributed by atoms with E-state index in [-0.39, 0.29) is 87.4 Å². The molecular weight excluding hydrogens is 659 g/mol. The van der Waals surface area contributed by atoms with Gasteiger partial charge < -0.3 is 25.4 Å². The van der Waals surface area contributed by atoms with E-state index < -0.39 is 44.3 Å². The first-order valence-corrected chi connectivity index (χ1v) is 18.0. The minimum Gasteiger partial charge on any atom is -0.632 e. The molecule has 2 unspecified atom stereocenters. The molecule has 3 saturated heterocycles. The largest absolute Gasteiger partial charge is 0.632 e. The SMILES string of the molecule is O=C1CCN(S(=O)(=O)Cc2ccc(F)c(NC(=O)C3CCN(C(=O)CNc4cccc5c4C[N+]([O-])(C4CCC(=O)NC4=O)C5)CC3)c2)CC1. The highest BCUT2D eigenvalue weighted by Crippen LogP contribution is 2.38. The molecule has 262 valence electrons. The van der Waals surface area contributed by atoms with Gasteiger partial charge in [-0.2, -0.15) is 0 Å². The summed E-state index contributed by atoms with van der Waals surface area (Å²) >= 11 is 0. The van der Waals surface area contributed by atoms with Crippen molar-refractivity contribution in [2.24, 2.45) is 5.92 Å².